The van der Waals surface area contributed by atoms with Gasteiger partial charge in [-0.25, -0.2) is 4.98 Å². The summed E-state index contributed by atoms with van der Waals surface area (Å²) in [4.78, 5) is 4.68. The minimum Gasteiger partial charge on any atom is -0.497 e. The van der Waals surface area contributed by atoms with Crippen LogP contribution in [0.25, 0.3) is 10.9 Å². The SMILES string of the molecule is COc1ccc(CNc2nc3cc(CI)ccc3cc2Cl)c(OC)c1. The van der Waals surface area contributed by atoms with Crippen LogP contribution in [-0.4, -0.2) is 19.2 Å². The molecule has 0 radical (unpaired) electrons. The van der Waals surface area contributed by atoms with Crippen molar-refractivity contribution in [3.05, 3.63) is 58.6 Å². The van der Waals surface area contributed by atoms with Crippen molar-refractivity contribution >= 4 is 50.9 Å². The number of benzene rings is 2. The van der Waals surface area contributed by atoms with Crippen LogP contribution in [0.3, 0.4) is 0 Å². The lowest BCUT2D eigenvalue weighted by Gasteiger charge is -2.13. The highest BCUT2D eigenvalue weighted by Gasteiger charge is 2.09. The lowest BCUT2D eigenvalue weighted by molar-refractivity contribution is 0.391. The van der Waals surface area contributed by atoms with E-state index in [9.17, 15) is 0 Å². The highest BCUT2D eigenvalue weighted by molar-refractivity contribution is 14.1. The third-order valence-corrected chi connectivity index (χ3v) is 5.10. The molecule has 130 valence electrons. The van der Waals surface area contributed by atoms with Crippen molar-refractivity contribution in [1.29, 1.82) is 0 Å². The molecule has 1 aromatic heterocycles. The number of fused-ring (bicyclic) bond motifs is 1. The fourth-order valence-corrected chi connectivity index (χ4v) is 3.27. The van der Waals surface area contributed by atoms with Gasteiger partial charge in [-0.05, 0) is 29.8 Å². The van der Waals surface area contributed by atoms with E-state index in [2.05, 4.69) is 51.1 Å². The minimum atomic E-state index is 0.553. The fraction of sp³-hybridized carbons (Fsp3) is 0.211. The fourth-order valence-electron chi connectivity index (χ4n) is 2.57. The highest BCUT2D eigenvalue weighted by atomic mass is 127. The summed E-state index contributed by atoms with van der Waals surface area (Å²) in [7, 11) is 3.28. The molecule has 4 nitrogen and oxygen atoms in total. The molecule has 0 spiro atoms. The largest absolute Gasteiger partial charge is 0.497 e. The van der Waals surface area contributed by atoms with Crippen LogP contribution in [0.1, 0.15) is 11.1 Å². The van der Waals surface area contributed by atoms with Crippen LogP contribution in [0.15, 0.2) is 42.5 Å². The lowest BCUT2D eigenvalue weighted by Crippen LogP contribution is -2.04. The number of aromatic nitrogens is 1. The number of anilines is 1. The molecule has 1 N–H and O–H groups in total. The number of rotatable bonds is 6. The van der Waals surface area contributed by atoms with E-state index >= 15 is 0 Å². The maximum atomic E-state index is 6.39. The molecule has 0 saturated carbocycles. The van der Waals surface area contributed by atoms with Crippen molar-refractivity contribution in [2.45, 2.75) is 11.0 Å². The molecule has 1 heterocycles. The van der Waals surface area contributed by atoms with E-state index < -0.39 is 0 Å². The van der Waals surface area contributed by atoms with Crippen molar-refractivity contribution in [2.24, 2.45) is 0 Å². The zero-order valence-electron chi connectivity index (χ0n) is 14.0. The minimum absolute atomic E-state index is 0.553. The van der Waals surface area contributed by atoms with Crippen LogP contribution in [0.4, 0.5) is 5.82 Å². The molecule has 2 aromatic carbocycles. The second-order valence-electron chi connectivity index (χ2n) is 5.51. The molecule has 0 aliphatic carbocycles. The molecular weight excluding hydrogens is 451 g/mol. The monoisotopic (exact) mass is 468 g/mol. The van der Waals surface area contributed by atoms with Gasteiger partial charge in [0.15, 0.2) is 0 Å². The Hall–Kier alpha value is -1.73. The number of methoxy groups -OCH3 is 2. The summed E-state index contributed by atoms with van der Waals surface area (Å²) in [6.07, 6.45) is 0. The summed E-state index contributed by atoms with van der Waals surface area (Å²) in [6, 6.07) is 13.9. The molecule has 0 unspecified atom stereocenters. The van der Waals surface area contributed by atoms with Crippen LogP contribution in [0, 0.1) is 0 Å². The second kappa shape index (κ2) is 8.10. The van der Waals surface area contributed by atoms with Gasteiger partial charge in [0.2, 0.25) is 0 Å². The normalized spacial score (nSPS) is 10.7. The molecule has 6 heteroatoms. The number of hydrogen-bond acceptors (Lipinski definition) is 4. The topological polar surface area (TPSA) is 43.4 Å². The van der Waals surface area contributed by atoms with Gasteiger partial charge in [-0.15, -0.1) is 0 Å². The van der Waals surface area contributed by atoms with Gasteiger partial charge in [-0.3, -0.25) is 0 Å². The predicted molar refractivity (Wildman–Crippen MR) is 111 cm³/mol. The summed E-state index contributed by atoms with van der Waals surface area (Å²) in [5.41, 5.74) is 3.18. The zero-order chi connectivity index (χ0) is 17.8. The average molecular weight is 469 g/mol. The van der Waals surface area contributed by atoms with Crippen molar-refractivity contribution in [3.63, 3.8) is 0 Å². The summed E-state index contributed by atoms with van der Waals surface area (Å²) in [5.74, 6) is 2.18. The van der Waals surface area contributed by atoms with Gasteiger partial charge in [-0.2, -0.15) is 0 Å². The van der Waals surface area contributed by atoms with Crippen molar-refractivity contribution < 1.29 is 9.47 Å². The van der Waals surface area contributed by atoms with Gasteiger partial charge in [0.1, 0.15) is 17.3 Å². The first-order chi connectivity index (χ1) is 12.1. The Morgan fingerprint density at radius 3 is 2.64 bits per heavy atom. The summed E-state index contributed by atoms with van der Waals surface area (Å²) in [5, 5.41) is 4.94. The quantitative estimate of drug-likeness (QED) is 0.386. The number of halogens is 2. The van der Waals surface area contributed by atoms with Crippen LogP contribution in [0.5, 0.6) is 11.5 Å². The Morgan fingerprint density at radius 1 is 1.08 bits per heavy atom. The van der Waals surface area contributed by atoms with E-state index in [1.54, 1.807) is 14.2 Å². The van der Waals surface area contributed by atoms with E-state index in [-0.39, 0.29) is 0 Å². The van der Waals surface area contributed by atoms with Gasteiger partial charge in [0.25, 0.3) is 0 Å². The lowest BCUT2D eigenvalue weighted by atomic mass is 10.1. The number of nitrogens with zero attached hydrogens (tertiary/aromatic N) is 1. The van der Waals surface area contributed by atoms with Crippen LogP contribution < -0.4 is 14.8 Å². The number of alkyl halides is 1. The van der Waals surface area contributed by atoms with Crippen LogP contribution in [0.2, 0.25) is 5.02 Å². The smallest absolute Gasteiger partial charge is 0.145 e. The maximum Gasteiger partial charge on any atom is 0.145 e. The zero-order valence-corrected chi connectivity index (χ0v) is 16.9. The molecule has 0 aliphatic rings. The molecule has 0 fully saturated rings. The number of nitrogens with one attached hydrogen (secondary N) is 1. The van der Waals surface area contributed by atoms with E-state index in [0.29, 0.717) is 17.4 Å². The van der Waals surface area contributed by atoms with Crippen LogP contribution >= 0.6 is 34.2 Å². The molecular formula is C19H18ClIN2O2. The van der Waals surface area contributed by atoms with Gasteiger partial charge >= 0.3 is 0 Å². The average Bonchev–Trinajstić information content (AvgIpc) is 2.65. The van der Waals surface area contributed by atoms with Crippen LogP contribution in [-0.2, 0) is 11.0 Å². The van der Waals surface area contributed by atoms with Gasteiger partial charge < -0.3 is 14.8 Å². The molecule has 3 aromatic rings. The molecule has 0 saturated heterocycles. The summed E-state index contributed by atoms with van der Waals surface area (Å²) in [6.45, 7) is 0.553. The third kappa shape index (κ3) is 4.10. The molecule has 25 heavy (non-hydrogen) atoms. The molecule has 3 rings (SSSR count). The highest BCUT2D eigenvalue weighted by Crippen LogP contribution is 2.29. The summed E-state index contributed by atoms with van der Waals surface area (Å²) < 4.78 is 11.6. The molecule has 0 amide bonds. The first-order valence-electron chi connectivity index (χ1n) is 7.74. The first kappa shape index (κ1) is 18.1. The van der Waals surface area contributed by atoms with Crippen molar-refractivity contribution in [3.8, 4) is 11.5 Å². The Bertz CT molecular complexity index is 902. The Morgan fingerprint density at radius 2 is 1.92 bits per heavy atom. The van der Waals surface area contributed by atoms with E-state index in [1.807, 2.05) is 24.3 Å². The number of hydrogen-bond donors (Lipinski definition) is 1. The van der Waals surface area contributed by atoms with E-state index in [4.69, 9.17) is 21.1 Å². The number of ether oxygens (including phenoxy) is 2. The predicted octanol–water partition coefficient (Wildman–Crippen LogP) is 5.45. The standard InChI is InChI=1S/C19H18ClIN2O2/c1-24-15-6-5-14(18(9-15)25-2)11-22-19-16(20)8-13-4-3-12(10-21)7-17(13)23-19/h3-9H,10-11H2,1-2H3,(H,22,23). The Balaban J connectivity index is 1.86. The van der Waals surface area contributed by atoms with Crippen molar-refractivity contribution in [1.82, 2.24) is 4.98 Å². The van der Waals surface area contributed by atoms with Crippen molar-refractivity contribution in [2.75, 3.05) is 19.5 Å². The number of pyridine rings is 1. The Labute approximate surface area is 165 Å². The van der Waals surface area contributed by atoms with E-state index in [1.165, 1.54) is 5.56 Å². The van der Waals surface area contributed by atoms with Gasteiger partial charge in [-0.1, -0.05) is 46.3 Å². The van der Waals surface area contributed by atoms with Gasteiger partial charge in [0, 0.05) is 28.0 Å². The molecule has 0 aliphatic heterocycles. The summed E-state index contributed by atoms with van der Waals surface area (Å²) >= 11 is 8.73. The second-order valence-corrected chi connectivity index (χ2v) is 6.68. The van der Waals surface area contributed by atoms with E-state index in [0.717, 1.165) is 32.4 Å². The van der Waals surface area contributed by atoms with Gasteiger partial charge in [0.05, 0.1) is 24.8 Å². The third-order valence-electron chi connectivity index (χ3n) is 3.93. The molecule has 0 atom stereocenters. The Kier molecular flexibility index (Phi) is 5.86. The maximum absolute atomic E-state index is 6.39. The first-order valence-corrected chi connectivity index (χ1v) is 9.65. The molecule has 0 bridgehead atoms.